The zero-order valence-electron chi connectivity index (χ0n) is 20.6. The van der Waals surface area contributed by atoms with Crippen LogP contribution in [-0.2, 0) is 10.2 Å². The number of carbonyl (C=O) groups is 1. The van der Waals surface area contributed by atoms with Crippen molar-refractivity contribution in [2.45, 2.75) is 40.0 Å². The van der Waals surface area contributed by atoms with Gasteiger partial charge in [-0.05, 0) is 90.6 Å². The first-order valence-corrected chi connectivity index (χ1v) is 11.8. The molecule has 1 heterocycles. The highest BCUT2D eigenvalue weighted by Crippen LogP contribution is 2.27. The molecular weight excluding hydrogens is 458 g/mol. The molecule has 7 heteroatoms. The third-order valence-electron chi connectivity index (χ3n) is 5.74. The first kappa shape index (κ1) is 24.4. The van der Waals surface area contributed by atoms with Crippen LogP contribution in [0.2, 0.25) is 0 Å². The number of aryl methyl sites for hydroxylation is 2. The van der Waals surface area contributed by atoms with Gasteiger partial charge in [0.15, 0.2) is 17.3 Å². The third kappa shape index (κ3) is 6.05. The van der Waals surface area contributed by atoms with Gasteiger partial charge < -0.3 is 14.5 Å². The highest BCUT2D eigenvalue weighted by molar-refractivity contribution is 7.80. The lowest BCUT2D eigenvalue weighted by atomic mass is 9.87. The highest BCUT2D eigenvalue weighted by atomic mass is 32.1. The number of fused-ring (bicyclic) bond motifs is 1. The summed E-state index contributed by atoms with van der Waals surface area (Å²) < 4.78 is 11.5. The third-order valence-corrected chi connectivity index (χ3v) is 5.95. The molecule has 180 valence electrons. The van der Waals surface area contributed by atoms with E-state index in [2.05, 4.69) is 62.4 Å². The number of benzene rings is 3. The molecule has 6 nitrogen and oxygen atoms in total. The summed E-state index contributed by atoms with van der Waals surface area (Å²) in [7, 11) is 0. The van der Waals surface area contributed by atoms with Crippen molar-refractivity contribution >= 4 is 40.0 Å². The van der Waals surface area contributed by atoms with E-state index in [1.165, 1.54) is 16.7 Å². The lowest BCUT2D eigenvalue weighted by Gasteiger charge is -2.19. The minimum atomic E-state index is -0.345. The molecule has 0 saturated carbocycles. The average Bonchev–Trinajstić information content (AvgIpc) is 3.22. The van der Waals surface area contributed by atoms with Crippen LogP contribution >= 0.6 is 12.2 Å². The molecule has 0 atom stereocenters. The van der Waals surface area contributed by atoms with Crippen molar-refractivity contribution in [3.63, 3.8) is 0 Å². The number of nitrogens with one attached hydrogen (secondary N) is 2. The molecule has 0 aliphatic rings. The van der Waals surface area contributed by atoms with E-state index in [0.29, 0.717) is 28.4 Å². The maximum Gasteiger partial charge on any atom is 0.264 e. The average molecular weight is 488 g/mol. The molecule has 35 heavy (non-hydrogen) atoms. The van der Waals surface area contributed by atoms with Gasteiger partial charge in [0.1, 0.15) is 11.3 Å². The Morgan fingerprint density at radius 2 is 1.74 bits per heavy atom. The van der Waals surface area contributed by atoms with Crippen molar-refractivity contribution in [3.05, 3.63) is 77.4 Å². The predicted octanol–water partition coefficient (Wildman–Crippen LogP) is 6.30. The largest absolute Gasteiger partial charge is 0.484 e. The number of anilines is 1. The number of carbonyl (C=O) groups excluding carboxylic acids is 1. The van der Waals surface area contributed by atoms with Crippen LogP contribution in [0.3, 0.4) is 0 Å². The molecular formula is C28H29N3O3S. The monoisotopic (exact) mass is 487 g/mol. The highest BCUT2D eigenvalue weighted by Gasteiger charge is 2.14. The molecule has 1 amide bonds. The van der Waals surface area contributed by atoms with E-state index in [-0.39, 0.29) is 23.0 Å². The molecule has 0 spiro atoms. The second kappa shape index (κ2) is 9.88. The van der Waals surface area contributed by atoms with Crippen LogP contribution in [0.5, 0.6) is 5.75 Å². The second-order valence-electron chi connectivity index (χ2n) is 9.57. The van der Waals surface area contributed by atoms with Crippen molar-refractivity contribution in [2.75, 3.05) is 11.9 Å². The van der Waals surface area contributed by atoms with E-state index in [1.807, 2.05) is 48.5 Å². The first-order chi connectivity index (χ1) is 16.6. The standard InChI is InChI=1S/C28H29N3O3S/c1-17-6-7-19(14-18(17)2)26-30-23-15-21(10-13-24(23)34-26)29-27(35)31-25(32)16-33-22-11-8-20(9-12-22)28(3,4)5/h6-15H,16H2,1-5H3,(H2,29,31,32,35). The van der Waals surface area contributed by atoms with E-state index in [4.69, 9.17) is 21.4 Å². The fraction of sp³-hybridized carbons (Fsp3) is 0.250. The van der Waals surface area contributed by atoms with Crippen molar-refractivity contribution in [3.8, 4) is 17.2 Å². The lowest BCUT2D eigenvalue weighted by molar-refractivity contribution is -0.121. The summed E-state index contributed by atoms with van der Waals surface area (Å²) in [5.41, 5.74) is 6.64. The summed E-state index contributed by atoms with van der Waals surface area (Å²) in [4.78, 5) is 16.9. The van der Waals surface area contributed by atoms with Gasteiger partial charge in [-0.15, -0.1) is 0 Å². The minimum absolute atomic E-state index is 0.0596. The smallest absolute Gasteiger partial charge is 0.264 e. The number of hydrogen-bond acceptors (Lipinski definition) is 5. The van der Waals surface area contributed by atoms with E-state index < -0.39 is 0 Å². The molecule has 2 N–H and O–H groups in total. The second-order valence-corrected chi connectivity index (χ2v) is 9.97. The number of ether oxygens (including phenoxy) is 1. The molecule has 4 aromatic rings. The van der Waals surface area contributed by atoms with Gasteiger partial charge in [-0.1, -0.05) is 39.0 Å². The number of thiocarbonyl (C=S) groups is 1. The van der Waals surface area contributed by atoms with Gasteiger partial charge in [-0.2, -0.15) is 0 Å². The van der Waals surface area contributed by atoms with E-state index in [0.717, 1.165) is 5.56 Å². The Bertz CT molecular complexity index is 1390. The molecule has 4 rings (SSSR count). The van der Waals surface area contributed by atoms with E-state index in [1.54, 1.807) is 0 Å². The van der Waals surface area contributed by atoms with Gasteiger partial charge >= 0.3 is 0 Å². The number of amides is 1. The SMILES string of the molecule is Cc1ccc(-c2nc3cc(NC(=S)NC(=O)COc4ccc(C(C)(C)C)cc4)ccc3o2)cc1C. The summed E-state index contributed by atoms with van der Waals surface area (Å²) in [5.74, 6) is 0.842. The van der Waals surface area contributed by atoms with E-state index in [9.17, 15) is 4.79 Å². The number of nitrogens with zero attached hydrogens (tertiary/aromatic N) is 1. The molecule has 0 unspecified atom stereocenters. The van der Waals surface area contributed by atoms with Gasteiger partial charge in [-0.3, -0.25) is 10.1 Å². The van der Waals surface area contributed by atoms with Crippen LogP contribution in [0.25, 0.3) is 22.6 Å². The Labute approximate surface area is 210 Å². The lowest BCUT2D eigenvalue weighted by Crippen LogP contribution is -2.37. The summed E-state index contributed by atoms with van der Waals surface area (Å²) in [6, 6.07) is 19.3. The Balaban J connectivity index is 1.34. The van der Waals surface area contributed by atoms with Gasteiger partial charge in [0, 0.05) is 11.3 Å². The van der Waals surface area contributed by atoms with Crippen molar-refractivity contribution in [2.24, 2.45) is 0 Å². The van der Waals surface area contributed by atoms with Crippen molar-refractivity contribution in [1.29, 1.82) is 0 Å². The molecule has 0 radical (unpaired) electrons. The van der Waals surface area contributed by atoms with Crippen molar-refractivity contribution in [1.82, 2.24) is 10.3 Å². The van der Waals surface area contributed by atoms with Crippen LogP contribution < -0.4 is 15.4 Å². The Kier molecular flexibility index (Phi) is 6.89. The molecule has 0 fully saturated rings. The molecule has 0 aliphatic carbocycles. The fourth-order valence-electron chi connectivity index (χ4n) is 3.53. The Morgan fingerprint density at radius 3 is 2.43 bits per heavy atom. The number of oxazole rings is 1. The summed E-state index contributed by atoms with van der Waals surface area (Å²) in [6.45, 7) is 10.4. The molecule has 0 saturated heterocycles. The maximum absolute atomic E-state index is 12.3. The maximum atomic E-state index is 12.3. The molecule has 0 aliphatic heterocycles. The normalized spacial score (nSPS) is 11.3. The van der Waals surface area contributed by atoms with E-state index >= 15 is 0 Å². The predicted molar refractivity (Wildman–Crippen MR) is 144 cm³/mol. The Hall–Kier alpha value is -3.71. The molecule has 0 bridgehead atoms. The minimum Gasteiger partial charge on any atom is -0.484 e. The van der Waals surface area contributed by atoms with Crippen LogP contribution in [0.1, 0.15) is 37.5 Å². The van der Waals surface area contributed by atoms with Gasteiger partial charge in [0.2, 0.25) is 5.89 Å². The van der Waals surface area contributed by atoms with Gasteiger partial charge in [0.25, 0.3) is 5.91 Å². The number of aromatic nitrogens is 1. The summed E-state index contributed by atoms with van der Waals surface area (Å²) in [6.07, 6.45) is 0. The zero-order chi connectivity index (χ0) is 25.2. The fourth-order valence-corrected chi connectivity index (χ4v) is 3.76. The summed E-state index contributed by atoms with van der Waals surface area (Å²) in [5, 5.41) is 5.83. The van der Waals surface area contributed by atoms with Crippen LogP contribution in [0, 0.1) is 13.8 Å². The van der Waals surface area contributed by atoms with Gasteiger partial charge in [0.05, 0.1) is 0 Å². The van der Waals surface area contributed by atoms with Crippen molar-refractivity contribution < 1.29 is 13.9 Å². The molecule has 1 aromatic heterocycles. The Morgan fingerprint density at radius 1 is 1.00 bits per heavy atom. The summed E-state index contributed by atoms with van der Waals surface area (Å²) >= 11 is 5.29. The van der Waals surface area contributed by atoms with Crippen LogP contribution in [-0.4, -0.2) is 22.6 Å². The first-order valence-electron chi connectivity index (χ1n) is 11.4. The number of hydrogen-bond donors (Lipinski definition) is 2. The molecule has 3 aromatic carbocycles. The van der Waals surface area contributed by atoms with Crippen LogP contribution in [0.4, 0.5) is 5.69 Å². The quantitative estimate of drug-likeness (QED) is 0.322. The van der Waals surface area contributed by atoms with Crippen LogP contribution in [0.15, 0.2) is 65.1 Å². The topological polar surface area (TPSA) is 76.4 Å². The number of rotatable bonds is 5. The zero-order valence-corrected chi connectivity index (χ0v) is 21.4. The van der Waals surface area contributed by atoms with Gasteiger partial charge in [-0.25, -0.2) is 4.98 Å².